The number of likely N-dealkylation sites (N-methyl/N-ethyl adjacent to an activating group) is 1. The summed E-state index contributed by atoms with van der Waals surface area (Å²) in [5.74, 6) is 1.96. The Morgan fingerprint density at radius 3 is 1.95 bits per heavy atom. The van der Waals surface area contributed by atoms with E-state index in [1.54, 1.807) is 21.3 Å². The highest BCUT2D eigenvalue weighted by atomic mass is 16.5. The van der Waals surface area contributed by atoms with Crippen LogP contribution in [0.2, 0.25) is 0 Å². The van der Waals surface area contributed by atoms with Gasteiger partial charge >= 0.3 is 0 Å². The van der Waals surface area contributed by atoms with Crippen LogP contribution in [0.4, 0.5) is 0 Å². The first-order valence-electron chi connectivity index (χ1n) is 7.24. The molecule has 0 amide bonds. The number of hydrogen-bond donors (Lipinski definition) is 1. The molecule has 22 heavy (non-hydrogen) atoms. The SMILES string of the molecule is CN[C@H](Cc1ccccc1)c1cc(OC)c(OC)c(OC)c1. The third-order valence-corrected chi connectivity index (χ3v) is 3.72. The predicted molar refractivity (Wildman–Crippen MR) is 88.0 cm³/mol. The second-order valence-corrected chi connectivity index (χ2v) is 4.99. The lowest BCUT2D eigenvalue weighted by atomic mass is 9.98. The molecule has 0 heterocycles. The van der Waals surface area contributed by atoms with Crippen molar-refractivity contribution in [2.24, 2.45) is 0 Å². The van der Waals surface area contributed by atoms with Gasteiger partial charge in [-0.15, -0.1) is 0 Å². The summed E-state index contributed by atoms with van der Waals surface area (Å²) in [4.78, 5) is 0. The largest absolute Gasteiger partial charge is 0.493 e. The molecule has 0 aromatic heterocycles. The monoisotopic (exact) mass is 301 g/mol. The summed E-state index contributed by atoms with van der Waals surface area (Å²) in [5, 5.41) is 3.36. The Morgan fingerprint density at radius 2 is 1.50 bits per heavy atom. The van der Waals surface area contributed by atoms with E-state index < -0.39 is 0 Å². The van der Waals surface area contributed by atoms with Crippen molar-refractivity contribution < 1.29 is 14.2 Å². The minimum Gasteiger partial charge on any atom is -0.493 e. The number of rotatable bonds is 7. The van der Waals surface area contributed by atoms with Crippen LogP contribution in [0.15, 0.2) is 42.5 Å². The molecule has 0 saturated heterocycles. The lowest BCUT2D eigenvalue weighted by molar-refractivity contribution is 0.323. The molecule has 0 radical (unpaired) electrons. The summed E-state index contributed by atoms with van der Waals surface area (Å²) in [7, 11) is 6.83. The zero-order valence-corrected chi connectivity index (χ0v) is 13.6. The molecule has 4 nitrogen and oxygen atoms in total. The number of hydrogen-bond acceptors (Lipinski definition) is 4. The summed E-state index contributed by atoms with van der Waals surface area (Å²) in [6.07, 6.45) is 0.885. The summed E-state index contributed by atoms with van der Waals surface area (Å²) in [5.41, 5.74) is 2.37. The molecular weight excluding hydrogens is 278 g/mol. The minimum absolute atomic E-state index is 0.163. The van der Waals surface area contributed by atoms with Gasteiger partial charge in [0.25, 0.3) is 0 Å². The smallest absolute Gasteiger partial charge is 0.203 e. The van der Waals surface area contributed by atoms with Crippen molar-refractivity contribution in [3.63, 3.8) is 0 Å². The van der Waals surface area contributed by atoms with Gasteiger partial charge < -0.3 is 19.5 Å². The van der Waals surface area contributed by atoms with E-state index in [-0.39, 0.29) is 6.04 Å². The molecule has 4 heteroatoms. The summed E-state index contributed by atoms with van der Waals surface area (Å²) >= 11 is 0. The first-order valence-corrected chi connectivity index (χ1v) is 7.24. The van der Waals surface area contributed by atoms with E-state index in [1.165, 1.54) is 5.56 Å². The number of ether oxygens (including phenoxy) is 3. The molecule has 0 aliphatic carbocycles. The minimum atomic E-state index is 0.163. The highest BCUT2D eigenvalue weighted by molar-refractivity contribution is 5.54. The molecule has 118 valence electrons. The fourth-order valence-corrected chi connectivity index (χ4v) is 2.54. The van der Waals surface area contributed by atoms with Gasteiger partial charge in [0.15, 0.2) is 11.5 Å². The van der Waals surface area contributed by atoms with Crippen LogP contribution in [0.3, 0.4) is 0 Å². The van der Waals surface area contributed by atoms with Gasteiger partial charge in [0.05, 0.1) is 21.3 Å². The lowest BCUT2D eigenvalue weighted by Crippen LogP contribution is -2.19. The molecule has 2 rings (SSSR count). The van der Waals surface area contributed by atoms with E-state index in [0.717, 1.165) is 12.0 Å². The zero-order chi connectivity index (χ0) is 15.9. The quantitative estimate of drug-likeness (QED) is 0.852. The first kappa shape index (κ1) is 16.2. The molecule has 0 unspecified atom stereocenters. The van der Waals surface area contributed by atoms with Gasteiger partial charge in [-0.2, -0.15) is 0 Å². The van der Waals surface area contributed by atoms with E-state index in [9.17, 15) is 0 Å². The Labute approximate surface area is 132 Å². The molecule has 0 aliphatic heterocycles. The fraction of sp³-hybridized carbons (Fsp3) is 0.333. The van der Waals surface area contributed by atoms with E-state index in [4.69, 9.17) is 14.2 Å². The Morgan fingerprint density at radius 1 is 0.909 bits per heavy atom. The maximum atomic E-state index is 5.43. The molecule has 0 bridgehead atoms. The van der Waals surface area contributed by atoms with E-state index in [2.05, 4.69) is 29.6 Å². The molecule has 0 saturated carbocycles. The van der Waals surface area contributed by atoms with E-state index in [1.807, 2.05) is 25.2 Å². The van der Waals surface area contributed by atoms with Crippen molar-refractivity contribution in [3.05, 3.63) is 53.6 Å². The average Bonchev–Trinajstić information content (AvgIpc) is 2.59. The first-order chi connectivity index (χ1) is 10.7. The van der Waals surface area contributed by atoms with Crippen LogP contribution in [0, 0.1) is 0 Å². The maximum absolute atomic E-state index is 5.43. The zero-order valence-electron chi connectivity index (χ0n) is 13.6. The van der Waals surface area contributed by atoms with Gasteiger partial charge in [0.1, 0.15) is 0 Å². The van der Waals surface area contributed by atoms with Crippen LogP contribution in [0.1, 0.15) is 17.2 Å². The summed E-state index contributed by atoms with van der Waals surface area (Å²) in [6.45, 7) is 0. The number of benzene rings is 2. The Balaban J connectivity index is 2.36. The molecule has 0 fully saturated rings. The van der Waals surface area contributed by atoms with Gasteiger partial charge in [0.2, 0.25) is 5.75 Å². The van der Waals surface area contributed by atoms with Crippen molar-refractivity contribution in [1.82, 2.24) is 5.32 Å². The van der Waals surface area contributed by atoms with Crippen molar-refractivity contribution in [3.8, 4) is 17.2 Å². The van der Waals surface area contributed by atoms with Gasteiger partial charge in [-0.25, -0.2) is 0 Å². The molecule has 2 aromatic rings. The van der Waals surface area contributed by atoms with Crippen LogP contribution in [0.25, 0.3) is 0 Å². The average molecular weight is 301 g/mol. The van der Waals surface area contributed by atoms with Crippen LogP contribution in [-0.2, 0) is 6.42 Å². The second kappa shape index (κ2) is 7.71. The van der Waals surface area contributed by atoms with Crippen LogP contribution in [0.5, 0.6) is 17.2 Å². The Hall–Kier alpha value is -2.20. The fourth-order valence-electron chi connectivity index (χ4n) is 2.54. The van der Waals surface area contributed by atoms with Crippen molar-refractivity contribution in [1.29, 1.82) is 0 Å². The van der Waals surface area contributed by atoms with Crippen molar-refractivity contribution in [2.75, 3.05) is 28.4 Å². The highest BCUT2D eigenvalue weighted by Crippen LogP contribution is 2.40. The highest BCUT2D eigenvalue weighted by Gasteiger charge is 2.18. The van der Waals surface area contributed by atoms with Crippen molar-refractivity contribution >= 4 is 0 Å². The maximum Gasteiger partial charge on any atom is 0.203 e. The third-order valence-electron chi connectivity index (χ3n) is 3.72. The Bertz CT molecular complexity index is 574. The summed E-state index contributed by atoms with van der Waals surface area (Å²) < 4.78 is 16.2. The van der Waals surface area contributed by atoms with Gasteiger partial charge in [-0.1, -0.05) is 30.3 Å². The second-order valence-electron chi connectivity index (χ2n) is 4.99. The molecular formula is C18H23NO3. The predicted octanol–water partition coefficient (Wildman–Crippen LogP) is 3.22. The Kier molecular flexibility index (Phi) is 5.67. The van der Waals surface area contributed by atoms with Gasteiger partial charge in [0, 0.05) is 6.04 Å². The van der Waals surface area contributed by atoms with Crippen LogP contribution >= 0.6 is 0 Å². The van der Waals surface area contributed by atoms with Gasteiger partial charge in [-0.05, 0) is 36.7 Å². The van der Waals surface area contributed by atoms with Crippen LogP contribution < -0.4 is 19.5 Å². The van der Waals surface area contributed by atoms with Crippen LogP contribution in [-0.4, -0.2) is 28.4 Å². The van der Waals surface area contributed by atoms with E-state index >= 15 is 0 Å². The summed E-state index contributed by atoms with van der Waals surface area (Å²) in [6, 6.07) is 14.5. The number of methoxy groups -OCH3 is 3. The molecule has 2 aromatic carbocycles. The van der Waals surface area contributed by atoms with E-state index in [0.29, 0.717) is 17.2 Å². The van der Waals surface area contributed by atoms with Gasteiger partial charge in [-0.3, -0.25) is 0 Å². The normalized spacial score (nSPS) is 11.8. The molecule has 0 spiro atoms. The van der Waals surface area contributed by atoms with Crippen molar-refractivity contribution in [2.45, 2.75) is 12.5 Å². The molecule has 1 atom stereocenters. The number of nitrogens with one attached hydrogen (secondary N) is 1. The molecule has 0 aliphatic rings. The topological polar surface area (TPSA) is 39.7 Å². The molecule has 1 N–H and O–H groups in total. The third kappa shape index (κ3) is 3.52. The lowest BCUT2D eigenvalue weighted by Gasteiger charge is -2.20. The standard InChI is InChI=1S/C18H23NO3/c1-19-15(10-13-8-6-5-7-9-13)14-11-16(20-2)18(22-4)17(12-14)21-3/h5-9,11-12,15,19H,10H2,1-4H3/t15-/m1/s1.